The zero-order valence-electron chi connectivity index (χ0n) is 18.0. The standard InChI is InChI=1S/C22H30N2O6/c1-20(2,3)24-10-7-9-22-14(17(26)23(11-12-25)16(22)18(24)27)15-19(28)29-13-6-5-8-21(15,4)30-22/h5,7-9,14-16,25H,6,10-13H2,1-4H3/t14-,15-,16?,21+,22-/m0/s1. The molecule has 2 amide bonds. The van der Waals surface area contributed by atoms with Gasteiger partial charge in [-0.2, -0.15) is 0 Å². The summed E-state index contributed by atoms with van der Waals surface area (Å²) in [5.41, 5.74) is -2.83. The molecule has 4 rings (SSSR count). The maximum atomic E-state index is 13.8. The number of likely N-dealkylation sites (tertiary alicyclic amines) is 1. The van der Waals surface area contributed by atoms with Crippen LogP contribution in [0.2, 0.25) is 0 Å². The van der Waals surface area contributed by atoms with Gasteiger partial charge in [0.25, 0.3) is 0 Å². The van der Waals surface area contributed by atoms with Crippen LogP contribution in [-0.4, -0.2) is 81.8 Å². The van der Waals surface area contributed by atoms with Crippen LogP contribution in [0.1, 0.15) is 34.1 Å². The number of β-amino-alcohol motifs (C(OH)–C–C–N with tert-alkyl or cyclic N) is 1. The van der Waals surface area contributed by atoms with Crippen molar-refractivity contribution in [3.05, 3.63) is 24.3 Å². The van der Waals surface area contributed by atoms with Crippen molar-refractivity contribution in [2.24, 2.45) is 11.8 Å². The molecule has 0 aromatic heterocycles. The normalized spacial score (nSPS) is 38.6. The summed E-state index contributed by atoms with van der Waals surface area (Å²) >= 11 is 0. The summed E-state index contributed by atoms with van der Waals surface area (Å²) in [6.45, 7) is 7.91. The van der Waals surface area contributed by atoms with Crippen molar-refractivity contribution in [3.8, 4) is 0 Å². The number of nitrogens with zero attached hydrogens (tertiary/aromatic N) is 2. The highest BCUT2D eigenvalue weighted by Gasteiger charge is 2.74. The van der Waals surface area contributed by atoms with E-state index in [1.807, 2.05) is 39.0 Å². The second-order valence-electron chi connectivity index (χ2n) is 9.63. The van der Waals surface area contributed by atoms with Crippen molar-refractivity contribution in [2.45, 2.75) is 56.9 Å². The number of cyclic esters (lactones) is 1. The molecule has 2 fully saturated rings. The first-order chi connectivity index (χ1) is 14.1. The lowest BCUT2D eigenvalue weighted by atomic mass is 9.74. The molecule has 1 unspecified atom stereocenters. The van der Waals surface area contributed by atoms with E-state index in [1.165, 1.54) is 4.90 Å². The van der Waals surface area contributed by atoms with Crippen LogP contribution < -0.4 is 0 Å². The summed E-state index contributed by atoms with van der Waals surface area (Å²) in [5.74, 6) is -2.85. The molecule has 4 heterocycles. The Hall–Kier alpha value is -2.19. The smallest absolute Gasteiger partial charge is 0.313 e. The van der Waals surface area contributed by atoms with E-state index in [0.29, 0.717) is 13.0 Å². The summed E-state index contributed by atoms with van der Waals surface area (Å²) in [5, 5.41) is 9.61. The van der Waals surface area contributed by atoms with Crippen LogP contribution in [0.4, 0.5) is 0 Å². The molecule has 5 atom stereocenters. The van der Waals surface area contributed by atoms with Gasteiger partial charge in [-0.1, -0.05) is 24.3 Å². The van der Waals surface area contributed by atoms with Gasteiger partial charge in [-0.25, -0.2) is 0 Å². The summed E-state index contributed by atoms with van der Waals surface area (Å²) in [4.78, 5) is 43.4. The summed E-state index contributed by atoms with van der Waals surface area (Å²) in [7, 11) is 0. The number of esters is 1. The van der Waals surface area contributed by atoms with E-state index in [2.05, 4.69) is 0 Å². The van der Waals surface area contributed by atoms with Crippen molar-refractivity contribution < 1.29 is 29.0 Å². The molecule has 30 heavy (non-hydrogen) atoms. The van der Waals surface area contributed by atoms with E-state index >= 15 is 0 Å². The minimum absolute atomic E-state index is 0.00298. The lowest BCUT2D eigenvalue weighted by Gasteiger charge is -2.41. The average Bonchev–Trinajstić information content (AvgIpc) is 2.94. The van der Waals surface area contributed by atoms with Gasteiger partial charge in [0.05, 0.1) is 24.7 Å². The Labute approximate surface area is 176 Å². The molecule has 0 aromatic carbocycles. The quantitative estimate of drug-likeness (QED) is 0.523. The number of hydrogen-bond donors (Lipinski definition) is 1. The monoisotopic (exact) mass is 418 g/mol. The topological polar surface area (TPSA) is 96.4 Å². The molecule has 2 saturated heterocycles. The maximum Gasteiger partial charge on any atom is 0.313 e. The van der Waals surface area contributed by atoms with Gasteiger partial charge in [-0.15, -0.1) is 0 Å². The van der Waals surface area contributed by atoms with E-state index in [4.69, 9.17) is 9.47 Å². The lowest BCUT2D eigenvalue weighted by molar-refractivity contribution is -0.161. The molecule has 1 spiro atoms. The number of carbonyl (C=O) groups is 3. The fourth-order valence-electron chi connectivity index (χ4n) is 5.44. The van der Waals surface area contributed by atoms with Gasteiger partial charge in [0.2, 0.25) is 11.8 Å². The number of aliphatic hydroxyl groups is 1. The van der Waals surface area contributed by atoms with Gasteiger partial charge in [-0.05, 0) is 34.1 Å². The molecule has 4 aliphatic heterocycles. The van der Waals surface area contributed by atoms with Gasteiger partial charge in [0.1, 0.15) is 17.6 Å². The highest BCUT2D eigenvalue weighted by Crippen LogP contribution is 2.57. The number of aliphatic hydroxyl groups excluding tert-OH is 1. The van der Waals surface area contributed by atoms with Crippen molar-refractivity contribution in [1.29, 1.82) is 0 Å². The second-order valence-corrected chi connectivity index (χ2v) is 9.63. The molecule has 0 saturated carbocycles. The highest BCUT2D eigenvalue weighted by atomic mass is 16.6. The largest absolute Gasteiger partial charge is 0.465 e. The molecule has 0 radical (unpaired) electrons. The third kappa shape index (κ3) is 2.84. The van der Waals surface area contributed by atoms with Crippen LogP contribution in [0.25, 0.3) is 0 Å². The third-order valence-corrected chi connectivity index (χ3v) is 6.67. The zero-order chi connectivity index (χ0) is 21.9. The Balaban J connectivity index is 1.89. The van der Waals surface area contributed by atoms with Gasteiger partial charge < -0.3 is 24.4 Å². The highest BCUT2D eigenvalue weighted by molar-refractivity contribution is 5.99. The number of carbonyl (C=O) groups excluding carboxylic acids is 3. The Kier molecular flexibility index (Phi) is 4.86. The second kappa shape index (κ2) is 6.92. The van der Waals surface area contributed by atoms with E-state index < -0.39 is 40.6 Å². The van der Waals surface area contributed by atoms with Crippen LogP contribution in [0.3, 0.4) is 0 Å². The predicted molar refractivity (Wildman–Crippen MR) is 107 cm³/mol. The zero-order valence-corrected chi connectivity index (χ0v) is 18.0. The Morgan fingerprint density at radius 2 is 1.87 bits per heavy atom. The van der Waals surface area contributed by atoms with Crippen LogP contribution in [-0.2, 0) is 23.9 Å². The molecule has 0 aromatic rings. The van der Waals surface area contributed by atoms with E-state index in [1.54, 1.807) is 17.9 Å². The number of amides is 2. The summed E-state index contributed by atoms with van der Waals surface area (Å²) in [6.07, 6.45) is 7.93. The Morgan fingerprint density at radius 1 is 1.13 bits per heavy atom. The first-order valence-corrected chi connectivity index (χ1v) is 10.5. The van der Waals surface area contributed by atoms with Crippen molar-refractivity contribution in [3.63, 3.8) is 0 Å². The molecule has 8 nitrogen and oxygen atoms in total. The van der Waals surface area contributed by atoms with Gasteiger partial charge in [0, 0.05) is 18.6 Å². The van der Waals surface area contributed by atoms with Gasteiger partial charge in [0.15, 0.2) is 0 Å². The molecule has 0 aliphatic carbocycles. The van der Waals surface area contributed by atoms with Crippen molar-refractivity contribution >= 4 is 17.8 Å². The first-order valence-electron chi connectivity index (χ1n) is 10.5. The van der Waals surface area contributed by atoms with Crippen LogP contribution in [0, 0.1) is 11.8 Å². The molecule has 164 valence electrons. The number of fused-ring (bicyclic) bond motifs is 2. The number of rotatable bonds is 2. The fourth-order valence-corrected chi connectivity index (χ4v) is 5.44. The summed E-state index contributed by atoms with van der Waals surface area (Å²) < 4.78 is 12.0. The number of ether oxygens (including phenoxy) is 2. The van der Waals surface area contributed by atoms with Crippen molar-refractivity contribution in [2.75, 3.05) is 26.3 Å². The molecule has 0 bridgehead atoms. The van der Waals surface area contributed by atoms with E-state index in [-0.39, 0.29) is 31.6 Å². The molecule has 8 heteroatoms. The van der Waals surface area contributed by atoms with Crippen LogP contribution >= 0.6 is 0 Å². The Morgan fingerprint density at radius 3 is 2.53 bits per heavy atom. The van der Waals surface area contributed by atoms with Gasteiger partial charge in [-0.3, -0.25) is 14.4 Å². The fraction of sp³-hybridized carbons (Fsp3) is 0.682. The minimum atomic E-state index is -1.30. The third-order valence-electron chi connectivity index (χ3n) is 6.67. The lowest BCUT2D eigenvalue weighted by Crippen LogP contribution is -2.59. The average molecular weight is 418 g/mol. The van der Waals surface area contributed by atoms with Crippen molar-refractivity contribution in [1.82, 2.24) is 9.80 Å². The Bertz CT molecular complexity index is 830. The molecular formula is C22H30N2O6. The predicted octanol–water partition coefficient (Wildman–Crippen LogP) is 0.650. The SMILES string of the molecule is CC(C)(C)N1CC=C[C@]23O[C@]4(C)C=CCCOC(=O)[C@@H]4[C@H]2C(=O)N(CCO)C3C1=O. The van der Waals surface area contributed by atoms with E-state index in [0.717, 1.165) is 0 Å². The molecule has 4 aliphatic rings. The minimum Gasteiger partial charge on any atom is -0.465 e. The molecule has 1 N–H and O–H groups in total. The molecular weight excluding hydrogens is 388 g/mol. The summed E-state index contributed by atoms with van der Waals surface area (Å²) in [6, 6.07) is -0.952. The van der Waals surface area contributed by atoms with Gasteiger partial charge >= 0.3 is 5.97 Å². The number of hydrogen-bond acceptors (Lipinski definition) is 6. The van der Waals surface area contributed by atoms with Crippen LogP contribution in [0.5, 0.6) is 0 Å². The maximum absolute atomic E-state index is 13.8. The first kappa shape index (κ1) is 21.1. The van der Waals surface area contributed by atoms with Crippen LogP contribution in [0.15, 0.2) is 24.3 Å². The van der Waals surface area contributed by atoms with E-state index in [9.17, 15) is 19.5 Å².